The topological polar surface area (TPSA) is 21.3 Å². The molecule has 1 N–H and O–H groups in total. The second kappa shape index (κ2) is 4.81. The first-order valence-corrected chi connectivity index (χ1v) is 6.02. The van der Waals surface area contributed by atoms with Gasteiger partial charge in [0, 0.05) is 18.5 Å². The summed E-state index contributed by atoms with van der Waals surface area (Å²) in [4.78, 5) is 0. The summed E-state index contributed by atoms with van der Waals surface area (Å²) in [6.45, 7) is 7.66. The van der Waals surface area contributed by atoms with Crippen molar-refractivity contribution in [1.29, 1.82) is 0 Å². The first-order chi connectivity index (χ1) is 8.12. The molecule has 0 aliphatic carbocycles. The van der Waals surface area contributed by atoms with Gasteiger partial charge in [-0.3, -0.25) is 0 Å². The van der Waals surface area contributed by atoms with Crippen molar-refractivity contribution in [3.8, 4) is 17.6 Å². The van der Waals surface area contributed by atoms with Crippen LogP contribution in [0, 0.1) is 11.8 Å². The summed E-state index contributed by atoms with van der Waals surface area (Å²) >= 11 is 0. The molecule has 2 rings (SSSR count). The predicted octanol–water partition coefficient (Wildman–Crippen LogP) is 2.51. The highest BCUT2D eigenvalue weighted by Gasteiger charge is 2.31. The van der Waals surface area contributed by atoms with Crippen LogP contribution >= 0.6 is 0 Å². The zero-order chi connectivity index (χ0) is 12.3. The fourth-order valence-corrected chi connectivity index (χ4v) is 2.17. The number of para-hydroxylation sites is 1. The van der Waals surface area contributed by atoms with E-state index in [-0.39, 0.29) is 5.60 Å². The lowest BCUT2D eigenvalue weighted by Crippen LogP contribution is -2.25. The van der Waals surface area contributed by atoms with E-state index >= 15 is 0 Å². The van der Waals surface area contributed by atoms with Crippen LogP contribution in [0.4, 0.5) is 0 Å². The maximum Gasteiger partial charge on any atom is 0.127 e. The summed E-state index contributed by atoms with van der Waals surface area (Å²) in [6, 6.07) is 6.37. The Morgan fingerprint density at radius 3 is 3.00 bits per heavy atom. The van der Waals surface area contributed by atoms with Crippen LogP contribution in [-0.2, 0) is 13.0 Å². The average molecular weight is 229 g/mol. The molecule has 1 aromatic carbocycles. The molecule has 0 aromatic heterocycles. The highest BCUT2D eigenvalue weighted by molar-refractivity contribution is 5.45. The number of rotatable bonds is 3. The summed E-state index contributed by atoms with van der Waals surface area (Å²) in [5.41, 5.74) is 2.48. The Morgan fingerprint density at radius 1 is 1.41 bits per heavy atom. The second-order valence-electron chi connectivity index (χ2n) is 4.97. The molecule has 1 aliphatic heterocycles. The lowest BCUT2D eigenvalue weighted by molar-refractivity contribution is 0.137. The standard InChI is InChI=1S/C15H19NO/c1-4-5-9-16-11-13-8-6-7-12-10-15(2,3)17-14(12)13/h6-8,16H,9-11H2,1-3H3. The van der Waals surface area contributed by atoms with Gasteiger partial charge in [-0.1, -0.05) is 24.1 Å². The van der Waals surface area contributed by atoms with Crippen LogP contribution in [0.15, 0.2) is 18.2 Å². The maximum absolute atomic E-state index is 6.01. The van der Waals surface area contributed by atoms with E-state index in [0.29, 0.717) is 0 Å². The molecule has 90 valence electrons. The molecule has 17 heavy (non-hydrogen) atoms. The van der Waals surface area contributed by atoms with Crippen molar-refractivity contribution in [3.05, 3.63) is 29.3 Å². The molecule has 0 unspecified atom stereocenters. The molecule has 0 bridgehead atoms. The van der Waals surface area contributed by atoms with Gasteiger partial charge in [0.05, 0.1) is 6.54 Å². The minimum atomic E-state index is -0.0678. The Kier molecular flexibility index (Phi) is 3.40. The van der Waals surface area contributed by atoms with Gasteiger partial charge in [-0.2, -0.15) is 0 Å². The Bertz CT molecular complexity index is 466. The van der Waals surface area contributed by atoms with Crippen LogP contribution in [0.2, 0.25) is 0 Å². The van der Waals surface area contributed by atoms with Crippen LogP contribution < -0.4 is 10.1 Å². The number of benzene rings is 1. The van der Waals surface area contributed by atoms with Gasteiger partial charge in [0.15, 0.2) is 0 Å². The lowest BCUT2D eigenvalue weighted by Gasteiger charge is -2.18. The summed E-state index contributed by atoms with van der Waals surface area (Å²) < 4.78 is 6.01. The summed E-state index contributed by atoms with van der Waals surface area (Å²) in [6.07, 6.45) is 0.991. The van der Waals surface area contributed by atoms with E-state index in [4.69, 9.17) is 4.74 Å². The fourth-order valence-electron chi connectivity index (χ4n) is 2.17. The van der Waals surface area contributed by atoms with Gasteiger partial charge in [0.2, 0.25) is 0 Å². The van der Waals surface area contributed by atoms with Crippen LogP contribution in [0.25, 0.3) is 0 Å². The molecule has 2 heteroatoms. The van der Waals surface area contributed by atoms with E-state index in [1.807, 2.05) is 6.92 Å². The maximum atomic E-state index is 6.01. The van der Waals surface area contributed by atoms with Crippen molar-refractivity contribution in [3.63, 3.8) is 0 Å². The predicted molar refractivity (Wildman–Crippen MR) is 70.0 cm³/mol. The molecule has 0 radical (unpaired) electrons. The second-order valence-corrected chi connectivity index (χ2v) is 4.97. The summed E-state index contributed by atoms with van der Waals surface area (Å²) in [5, 5.41) is 3.31. The molecule has 0 spiro atoms. The van der Waals surface area contributed by atoms with Crippen LogP contribution in [-0.4, -0.2) is 12.1 Å². The summed E-state index contributed by atoms with van der Waals surface area (Å²) in [7, 11) is 0. The Morgan fingerprint density at radius 2 is 2.24 bits per heavy atom. The monoisotopic (exact) mass is 229 g/mol. The van der Waals surface area contributed by atoms with Crippen LogP contribution in [0.3, 0.4) is 0 Å². The Hall–Kier alpha value is -1.46. The molecular formula is C15H19NO. The number of fused-ring (bicyclic) bond motifs is 1. The number of ether oxygens (including phenoxy) is 1. The smallest absolute Gasteiger partial charge is 0.127 e. The molecule has 0 amide bonds. The van der Waals surface area contributed by atoms with E-state index in [0.717, 1.165) is 25.3 Å². The quantitative estimate of drug-likeness (QED) is 0.635. The van der Waals surface area contributed by atoms with Gasteiger partial charge in [-0.25, -0.2) is 0 Å². The van der Waals surface area contributed by atoms with Crippen molar-refractivity contribution >= 4 is 0 Å². The van der Waals surface area contributed by atoms with Gasteiger partial charge in [0.25, 0.3) is 0 Å². The van der Waals surface area contributed by atoms with E-state index in [9.17, 15) is 0 Å². The van der Waals surface area contributed by atoms with E-state index < -0.39 is 0 Å². The van der Waals surface area contributed by atoms with Crippen LogP contribution in [0.5, 0.6) is 5.75 Å². The first-order valence-electron chi connectivity index (χ1n) is 6.02. The van der Waals surface area contributed by atoms with Gasteiger partial charge in [0.1, 0.15) is 11.4 Å². The minimum absolute atomic E-state index is 0.0678. The highest BCUT2D eigenvalue weighted by Crippen LogP contribution is 2.37. The Balaban J connectivity index is 2.09. The van der Waals surface area contributed by atoms with Crippen molar-refractivity contribution in [2.24, 2.45) is 0 Å². The van der Waals surface area contributed by atoms with Gasteiger partial charge < -0.3 is 10.1 Å². The molecule has 2 nitrogen and oxygen atoms in total. The number of nitrogens with one attached hydrogen (secondary N) is 1. The lowest BCUT2D eigenvalue weighted by atomic mass is 10.0. The third-order valence-electron chi connectivity index (χ3n) is 2.88. The Labute approximate surface area is 103 Å². The molecule has 0 saturated heterocycles. The molecule has 0 atom stereocenters. The largest absolute Gasteiger partial charge is 0.487 e. The normalized spacial score (nSPS) is 15.7. The van der Waals surface area contributed by atoms with E-state index in [2.05, 4.69) is 49.2 Å². The van der Waals surface area contributed by atoms with Gasteiger partial charge >= 0.3 is 0 Å². The fraction of sp³-hybridized carbons (Fsp3) is 0.467. The molecular weight excluding hydrogens is 210 g/mol. The molecule has 1 heterocycles. The molecule has 1 aliphatic rings. The number of hydrogen-bond acceptors (Lipinski definition) is 2. The highest BCUT2D eigenvalue weighted by atomic mass is 16.5. The van der Waals surface area contributed by atoms with E-state index in [1.54, 1.807) is 0 Å². The minimum Gasteiger partial charge on any atom is -0.487 e. The summed E-state index contributed by atoms with van der Waals surface area (Å²) in [5.74, 6) is 6.94. The van der Waals surface area contributed by atoms with Crippen LogP contribution in [0.1, 0.15) is 31.9 Å². The van der Waals surface area contributed by atoms with E-state index in [1.165, 1.54) is 11.1 Å². The molecule has 1 aromatic rings. The van der Waals surface area contributed by atoms with Crippen molar-refractivity contribution in [2.45, 2.75) is 39.3 Å². The third kappa shape index (κ3) is 2.81. The number of hydrogen-bond donors (Lipinski definition) is 1. The zero-order valence-electron chi connectivity index (χ0n) is 10.8. The van der Waals surface area contributed by atoms with Crippen molar-refractivity contribution < 1.29 is 4.74 Å². The zero-order valence-corrected chi connectivity index (χ0v) is 10.8. The average Bonchev–Trinajstić information content (AvgIpc) is 2.59. The van der Waals surface area contributed by atoms with Gasteiger partial charge in [-0.05, 0) is 26.3 Å². The van der Waals surface area contributed by atoms with Crippen molar-refractivity contribution in [1.82, 2.24) is 5.32 Å². The molecule has 0 fully saturated rings. The van der Waals surface area contributed by atoms with Gasteiger partial charge in [-0.15, -0.1) is 5.92 Å². The molecule has 0 saturated carbocycles. The van der Waals surface area contributed by atoms with Crippen molar-refractivity contribution in [2.75, 3.05) is 6.54 Å². The first kappa shape index (κ1) is 12.0. The SMILES string of the molecule is CC#CCNCc1cccc2c1OC(C)(C)C2. The third-order valence-corrected chi connectivity index (χ3v) is 2.88.